The largest absolute Gasteiger partial charge is 0.466 e. The van der Waals surface area contributed by atoms with Gasteiger partial charge in [0, 0.05) is 12.8 Å². The standard InChI is InChI=1S/C61H119NO5/c1-3-5-7-9-11-13-15-17-19-21-23-24-26-27-29-31-33-37-41-45-49-53-59(64)58(57-63)62-60(65)54-50-46-42-38-35-36-40-44-48-52-56-67-61(66)55-51-47-43-39-34-32-30-28-25-22-20-18-16-14-12-10-8-6-4-2/h18,20,58-59,63-64H,3-17,19,21-57H2,1-2H3,(H,62,65)/b20-18-. The SMILES string of the molecule is CCCCCCCC/C=C\CCCCCCCCCCCC(=O)OCCCCCCCCCCCCC(=O)NC(CO)C(O)CCCCCCCCCCCCCCCCCCCCCCC. The van der Waals surface area contributed by atoms with Gasteiger partial charge in [-0.2, -0.15) is 0 Å². The molecule has 0 aliphatic heterocycles. The number of nitrogens with one attached hydrogen (secondary N) is 1. The molecule has 0 rings (SSSR count). The van der Waals surface area contributed by atoms with Crippen LogP contribution in [0.3, 0.4) is 0 Å². The minimum atomic E-state index is -0.679. The molecule has 67 heavy (non-hydrogen) atoms. The van der Waals surface area contributed by atoms with Gasteiger partial charge >= 0.3 is 5.97 Å². The molecule has 0 heterocycles. The van der Waals surface area contributed by atoms with E-state index < -0.39 is 12.1 Å². The van der Waals surface area contributed by atoms with Crippen LogP contribution in [-0.2, 0) is 14.3 Å². The number of allylic oxidation sites excluding steroid dienone is 2. The number of rotatable bonds is 57. The van der Waals surface area contributed by atoms with Gasteiger partial charge in [-0.25, -0.2) is 0 Å². The highest BCUT2D eigenvalue weighted by molar-refractivity contribution is 5.76. The molecule has 0 aromatic carbocycles. The van der Waals surface area contributed by atoms with E-state index in [-0.39, 0.29) is 18.5 Å². The third kappa shape index (κ3) is 53.8. The normalized spacial score (nSPS) is 12.6. The summed E-state index contributed by atoms with van der Waals surface area (Å²) in [4.78, 5) is 24.6. The molecule has 0 fully saturated rings. The Morgan fingerprint density at radius 3 is 1.06 bits per heavy atom. The van der Waals surface area contributed by atoms with E-state index in [1.807, 2.05) is 0 Å². The summed E-state index contributed by atoms with van der Waals surface area (Å²) in [7, 11) is 0. The van der Waals surface area contributed by atoms with Crippen molar-refractivity contribution in [3.8, 4) is 0 Å². The van der Waals surface area contributed by atoms with Gasteiger partial charge in [0.05, 0.1) is 25.4 Å². The fraction of sp³-hybridized carbons (Fsp3) is 0.934. The van der Waals surface area contributed by atoms with Crippen molar-refractivity contribution in [1.29, 1.82) is 0 Å². The summed E-state index contributed by atoms with van der Waals surface area (Å²) in [5.41, 5.74) is 0. The number of ether oxygens (including phenoxy) is 1. The molecule has 0 aliphatic rings. The number of carbonyl (C=O) groups is 2. The van der Waals surface area contributed by atoms with Crippen LogP contribution in [0.25, 0.3) is 0 Å². The molecule has 0 aromatic heterocycles. The molecule has 6 nitrogen and oxygen atoms in total. The van der Waals surface area contributed by atoms with Gasteiger partial charge in [-0.3, -0.25) is 9.59 Å². The van der Waals surface area contributed by atoms with E-state index >= 15 is 0 Å². The second-order valence-electron chi connectivity index (χ2n) is 21.0. The number of esters is 1. The molecule has 0 radical (unpaired) electrons. The molecule has 0 aliphatic carbocycles. The number of amides is 1. The van der Waals surface area contributed by atoms with Crippen molar-refractivity contribution in [2.75, 3.05) is 13.2 Å². The van der Waals surface area contributed by atoms with Crippen molar-refractivity contribution in [3.63, 3.8) is 0 Å². The summed E-state index contributed by atoms with van der Waals surface area (Å²) < 4.78 is 5.48. The Labute approximate surface area is 419 Å². The minimum absolute atomic E-state index is 0.0178. The summed E-state index contributed by atoms with van der Waals surface area (Å²) >= 11 is 0. The summed E-state index contributed by atoms with van der Waals surface area (Å²) in [5, 5.41) is 23.3. The zero-order valence-electron chi connectivity index (χ0n) is 45.4. The molecule has 2 atom stereocenters. The first-order chi connectivity index (χ1) is 33.0. The van der Waals surface area contributed by atoms with Gasteiger partial charge in [-0.15, -0.1) is 0 Å². The second kappa shape index (κ2) is 57.2. The summed E-state index contributed by atoms with van der Waals surface area (Å²) in [6.07, 6.45) is 67.8. The van der Waals surface area contributed by atoms with Crippen LogP contribution < -0.4 is 5.32 Å². The molecule has 2 unspecified atom stereocenters. The van der Waals surface area contributed by atoms with Crippen molar-refractivity contribution in [1.82, 2.24) is 5.32 Å². The lowest BCUT2D eigenvalue weighted by atomic mass is 10.0. The molecule has 6 heteroatoms. The first-order valence-electron chi connectivity index (χ1n) is 30.4. The third-order valence-electron chi connectivity index (χ3n) is 14.3. The van der Waals surface area contributed by atoms with Gasteiger partial charge in [-0.05, 0) is 51.4 Å². The lowest BCUT2D eigenvalue weighted by molar-refractivity contribution is -0.143. The van der Waals surface area contributed by atoms with Crippen LogP contribution in [0.4, 0.5) is 0 Å². The van der Waals surface area contributed by atoms with E-state index in [4.69, 9.17) is 4.74 Å². The maximum atomic E-state index is 12.5. The van der Waals surface area contributed by atoms with Gasteiger partial charge < -0.3 is 20.3 Å². The molecule has 3 N–H and O–H groups in total. The van der Waals surface area contributed by atoms with Crippen molar-refractivity contribution in [3.05, 3.63) is 12.2 Å². The van der Waals surface area contributed by atoms with Crippen molar-refractivity contribution in [2.24, 2.45) is 0 Å². The van der Waals surface area contributed by atoms with Crippen molar-refractivity contribution < 1.29 is 24.5 Å². The first kappa shape index (κ1) is 65.6. The van der Waals surface area contributed by atoms with E-state index in [2.05, 4.69) is 31.3 Å². The van der Waals surface area contributed by atoms with E-state index in [0.717, 1.165) is 57.8 Å². The van der Waals surface area contributed by atoms with Gasteiger partial charge in [0.2, 0.25) is 5.91 Å². The van der Waals surface area contributed by atoms with Crippen LogP contribution in [0, 0.1) is 0 Å². The molecule has 0 saturated heterocycles. The Bertz CT molecular complexity index is 1000. The van der Waals surface area contributed by atoms with E-state index in [1.54, 1.807) is 0 Å². The maximum Gasteiger partial charge on any atom is 0.305 e. The smallest absolute Gasteiger partial charge is 0.305 e. The second-order valence-corrected chi connectivity index (χ2v) is 21.0. The number of aliphatic hydroxyl groups is 2. The van der Waals surface area contributed by atoms with E-state index in [9.17, 15) is 19.8 Å². The predicted octanol–water partition coefficient (Wildman–Crippen LogP) is 18.9. The number of aliphatic hydroxyl groups excluding tert-OH is 2. The zero-order chi connectivity index (χ0) is 48.6. The summed E-state index contributed by atoms with van der Waals surface area (Å²) in [6.45, 7) is 4.93. The topological polar surface area (TPSA) is 95.9 Å². The first-order valence-corrected chi connectivity index (χ1v) is 30.4. The fourth-order valence-electron chi connectivity index (χ4n) is 9.64. The predicted molar refractivity (Wildman–Crippen MR) is 292 cm³/mol. The molecule has 0 spiro atoms. The van der Waals surface area contributed by atoms with Crippen LogP contribution in [0.2, 0.25) is 0 Å². The van der Waals surface area contributed by atoms with Crippen molar-refractivity contribution in [2.45, 2.75) is 353 Å². The van der Waals surface area contributed by atoms with Crippen LogP contribution in [0.5, 0.6) is 0 Å². The van der Waals surface area contributed by atoms with E-state index in [1.165, 1.54) is 250 Å². The molecule has 0 bridgehead atoms. The monoisotopic (exact) mass is 946 g/mol. The zero-order valence-corrected chi connectivity index (χ0v) is 45.4. The number of hydrogen-bond donors (Lipinski definition) is 3. The lowest BCUT2D eigenvalue weighted by Gasteiger charge is -2.22. The lowest BCUT2D eigenvalue weighted by Crippen LogP contribution is -2.45. The summed E-state index contributed by atoms with van der Waals surface area (Å²) in [6, 6.07) is -0.559. The molecule has 0 saturated carbocycles. The Morgan fingerprint density at radius 1 is 0.403 bits per heavy atom. The Morgan fingerprint density at radius 2 is 0.701 bits per heavy atom. The quantitative estimate of drug-likeness (QED) is 0.0321. The molecule has 1 amide bonds. The van der Waals surface area contributed by atoms with Crippen LogP contribution in [-0.4, -0.2) is 47.4 Å². The Hall–Kier alpha value is -1.40. The van der Waals surface area contributed by atoms with Gasteiger partial charge in [0.1, 0.15) is 0 Å². The molecule has 0 aromatic rings. The molecular formula is C61H119NO5. The highest BCUT2D eigenvalue weighted by Gasteiger charge is 2.20. The number of hydrogen-bond acceptors (Lipinski definition) is 5. The number of unbranched alkanes of at least 4 members (excludes halogenated alkanes) is 44. The van der Waals surface area contributed by atoms with E-state index in [0.29, 0.717) is 25.9 Å². The number of carbonyl (C=O) groups excluding carboxylic acids is 2. The maximum absolute atomic E-state index is 12.5. The fourth-order valence-corrected chi connectivity index (χ4v) is 9.64. The molecule has 398 valence electrons. The third-order valence-corrected chi connectivity index (χ3v) is 14.3. The van der Waals surface area contributed by atoms with Crippen LogP contribution >= 0.6 is 0 Å². The highest BCUT2D eigenvalue weighted by Crippen LogP contribution is 2.18. The molecular weight excluding hydrogens is 827 g/mol. The van der Waals surface area contributed by atoms with Gasteiger partial charge in [0.15, 0.2) is 0 Å². The summed E-state index contributed by atoms with van der Waals surface area (Å²) in [5.74, 6) is -0.0716. The average molecular weight is 947 g/mol. The Kier molecular flexibility index (Phi) is 56.0. The Balaban J connectivity index is 3.44. The van der Waals surface area contributed by atoms with Crippen molar-refractivity contribution >= 4 is 11.9 Å². The van der Waals surface area contributed by atoms with Gasteiger partial charge in [0.25, 0.3) is 0 Å². The highest BCUT2D eigenvalue weighted by atomic mass is 16.5. The average Bonchev–Trinajstić information content (AvgIpc) is 3.33. The minimum Gasteiger partial charge on any atom is -0.466 e. The van der Waals surface area contributed by atoms with Crippen LogP contribution in [0.1, 0.15) is 341 Å². The van der Waals surface area contributed by atoms with Crippen LogP contribution in [0.15, 0.2) is 12.2 Å². The van der Waals surface area contributed by atoms with Gasteiger partial charge in [-0.1, -0.05) is 289 Å².